The number of rotatable bonds is 5. The molecule has 0 aromatic rings. The summed E-state index contributed by atoms with van der Waals surface area (Å²) in [6, 6.07) is -1.04. The minimum atomic E-state index is -1.24. The lowest BCUT2D eigenvalue weighted by molar-refractivity contribution is -0.0857. The Bertz CT molecular complexity index is 343. The van der Waals surface area contributed by atoms with Gasteiger partial charge in [-0.15, -0.1) is 13.2 Å². The van der Waals surface area contributed by atoms with Crippen LogP contribution in [0.2, 0.25) is 0 Å². The average molecular weight is 239 g/mol. The van der Waals surface area contributed by atoms with Gasteiger partial charge in [0.2, 0.25) is 6.35 Å². The minimum Gasteiger partial charge on any atom is -0.356 e. The molecule has 0 aromatic heterocycles. The second kappa shape index (κ2) is 5.49. The summed E-state index contributed by atoms with van der Waals surface area (Å²) < 4.78 is 0. The lowest BCUT2D eigenvalue weighted by Gasteiger charge is -2.43. The van der Waals surface area contributed by atoms with E-state index < -0.39 is 18.4 Å². The van der Waals surface area contributed by atoms with Crippen molar-refractivity contribution >= 4 is 12.1 Å². The van der Waals surface area contributed by atoms with E-state index in [4.69, 9.17) is 0 Å². The molecule has 1 rings (SSSR count). The van der Waals surface area contributed by atoms with Gasteiger partial charge in [-0.1, -0.05) is 12.2 Å². The number of amides is 4. The van der Waals surface area contributed by atoms with E-state index in [1.807, 2.05) is 0 Å². The van der Waals surface area contributed by atoms with Gasteiger partial charge in [-0.2, -0.15) is 0 Å². The monoisotopic (exact) mass is 239 g/mol. The fourth-order valence-electron chi connectivity index (χ4n) is 1.65. The number of imide groups is 1. The Balaban J connectivity index is 3.01. The molecule has 1 saturated heterocycles. The summed E-state index contributed by atoms with van der Waals surface area (Å²) in [5.41, 5.74) is 0. The molecule has 1 unspecified atom stereocenters. The van der Waals surface area contributed by atoms with Gasteiger partial charge in [0.05, 0.1) is 6.54 Å². The number of hydrogen-bond acceptors (Lipinski definition) is 3. The highest BCUT2D eigenvalue weighted by molar-refractivity contribution is 5.96. The van der Waals surface area contributed by atoms with Crippen LogP contribution in [0.15, 0.2) is 25.3 Å². The number of aliphatic hydroxyl groups excluding tert-OH is 1. The van der Waals surface area contributed by atoms with Gasteiger partial charge < -0.3 is 5.11 Å². The lowest BCUT2D eigenvalue weighted by atomic mass is 10.4. The van der Waals surface area contributed by atoms with E-state index in [1.165, 1.54) is 22.0 Å². The molecule has 0 spiro atoms. The van der Waals surface area contributed by atoms with E-state index in [1.54, 1.807) is 6.92 Å². The molecule has 1 N–H and O–H groups in total. The van der Waals surface area contributed by atoms with Crippen LogP contribution in [0.25, 0.3) is 0 Å². The van der Waals surface area contributed by atoms with Gasteiger partial charge in [0.1, 0.15) is 0 Å². The second-order valence-corrected chi connectivity index (χ2v) is 3.54. The van der Waals surface area contributed by atoms with Crippen molar-refractivity contribution in [1.29, 1.82) is 0 Å². The zero-order valence-corrected chi connectivity index (χ0v) is 9.87. The van der Waals surface area contributed by atoms with Crippen molar-refractivity contribution in [1.82, 2.24) is 14.7 Å². The molecule has 0 aliphatic carbocycles. The fraction of sp³-hybridized carbons (Fsp3) is 0.455. The summed E-state index contributed by atoms with van der Waals surface area (Å²) in [6.45, 7) is 9.36. The van der Waals surface area contributed by atoms with Gasteiger partial charge in [0.25, 0.3) is 0 Å². The van der Waals surface area contributed by atoms with Crippen LogP contribution in [0.5, 0.6) is 0 Å². The van der Waals surface area contributed by atoms with Crippen molar-refractivity contribution < 1.29 is 14.7 Å². The van der Waals surface area contributed by atoms with E-state index in [0.29, 0.717) is 6.54 Å². The number of urea groups is 2. The number of carbonyl (C=O) groups is 2. The van der Waals surface area contributed by atoms with Crippen LogP contribution in [0, 0.1) is 0 Å². The molecule has 0 bridgehead atoms. The van der Waals surface area contributed by atoms with Gasteiger partial charge in [0.15, 0.2) is 0 Å². The number of aliphatic hydroxyl groups is 1. The maximum atomic E-state index is 11.9. The average Bonchev–Trinajstić information content (AvgIpc) is 2.31. The summed E-state index contributed by atoms with van der Waals surface area (Å²) in [6.07, 6.45) is 1.73. The molecule has 0 radical (unpaired) electrons. The Morgan fingerprint density at radius 2 is 1.71 bits per heavy atom. The van der Waals surface area contributed by atoms with Gasteiger partial charge in [-0.05, 0) is 6.92 Å². The molecule has 0 saturated carbocycles. The van der Waals surface area contributed by atoms with E-state index >= 15 is 0 Å². The van der Waals surface area contributed by atoms with Crippen molar-refractivity contribution in [2.75, 3.05) is 19.6 Å². The predicted octanol–water partition coefficient (Wildman–Crippen LogP) is 0.814. The van der Waals surface area contributed by atoms with Gasteiger partial charge in [0, 0.05) is 13.1 Å². The summed E-state index contributed by atoms with van der Waals surface area (Å²) in [5.74, 6) is 0. The summed E-state index contributed by atoms with van der Waals surface area (Å²) >= 11 is 0. The smallest absolute Gasteiger partial charge is 0.332 e. The molecule has 17 heavy (non-hydrogen) atoms. The van der Waals surface area contributed by atoms with E-state index in [0.717, 1.165) is 4.90 Å². The SMILES string of the molecule is C=CCN1C(=O)N(CC)C(O)N(CC=C)C1=O. The zero-order valence-electron chi connectivity index (χ0n) is 9.87. The van der Waals surface area contributed by atoms with Crippen molar-refractivity contribution in [3.63, 3.8) is 0 Å². The zero-order chi connectivity index (χ0) is 13.0. The molecular weight excluding hydrogens is 222 g/mol. The van der Waals surface area contributed by atoms with Crippen LogP contribution in [0.3, 0.4) is 0 Å². The highest BCUT2D eigenvalue weighted by atomic mass is 16.3. The lowest BCUT2D eigenvalue weighted by Crippen LogP contribution is -2.66. The fourth-order valence-corrected chi connectivity index (χ4v) is 1.65. The van der Waals surface area contributed by atoms with Crippen LogP contribution in [-0.4, -0.2) is 57.9 Å². The topological polar surface area (TPSA) is 64.1 Å². The van der Waals surface area contributed by atoms with E-state index in [-0.39, 0.29) is 13.1 Å². The molecule has 1 heterocycles. The maximum absolute atomic E-state index is 11.9. The third kappa shape index (κ3) is 2.31. The number of nitrogens with zero attached hydrogens (tertiary/aromatic N) is 3. The summed E-state index contributed by atoms with van der Waals surface area (Å²) in [7, 11) is 0. The van der Waals surface area contributed by atoms with E-state index in [2.05, 4.69) is 13.2 Å². The molecule has 1 fully saturated rings. The van der Waals surface area contributed by atoms with Crippen LogP contribution in [0.1, 0.15) is 6.92 Å². The molecular formula is C11H17N3O3. The van der Waals surface area contributed by atoms with Crippen molar-refractivity contribution in [2.24, 2.45) is 0 Å². The molecule has 1 aliphatic rings. The van der Waals surface area contributed by atoms with Gasteiger partial charge in [-0.25, -0.2) is 14.5 Å². The Morgan fingerprint density at radius 3 is 2.18 bits per heavy atom. The third-order valence-electron chi connectivity index (χ3n) is 2.49. The predicted molar refractivity (Wildman–Crippen MR) is 63.0 cm³/mol. The third-order valence-corrected chi connectivity index (χ3v) is 2.49. The largest absolute Gasteiger partial charge is 0.356 e. The molecule has 1 atom stereocenters. The Hall–Kier alpha value is -1.82. The van der Waals surface area contributed by atoms with Gasteiger partial charge in [-0.3, -0.25) is 9.80 Å². The van der Waals surface area contributed by atoms with Crippen molar-refractivity contribution in [3.8, 4) is 0 Å². The quantitative estimate of drug-likeness (QED) is 0.722. The molecule has 6 heteroatoms. The molecule has 6 nitrogen and oxygen atoms in total. The summed E-state index contributed by atoms with van der Waals surface area (Å²) in [5, 5.41) is 9.90. The highest BCUT2D eigenvalue weighted by Gasteiger charge is 2.41. The molecule has 1 aliphatic heterocycles. The van der Waals surface area contributed by atoms with Crippen LogP contribution >= 0.6 is 0 Å². The second-order valence-electron chi connectivity index (χ2n) is 3.54. The van der Waals surface area contributed by atoms with Crippen LogP contribution < -0.4 is 0 Å². The van der Waals surface area contributed by atoms with E-state index in [9.17, 15) is 14.7 Å². The maximum Gasteiger partial charge on any atom is 0.332 e. The van der Waals surface area contributed by atoms with Crippen molar-refractivity contribution in [3.05, 3.63) is 25.3 Å². The first kappa shape index (κ1) is 13.2. The number of carbonyl (C=O) groups excluding carboxylic acids is 2. The highest BCUT2D eigenvalue weighted by Crippen LogP contribution is 2.17. The Labute approximate surface area is 100 Å². The first-order valence-electron chi connectivity index (χ1n) is 5.37. The molecule has 94 valence electrons. The molecule has 0 aromatic carbocycles. The Kier molecular flexibility index (Phi) is 4.28. The Morgan fingerprint density at radius 1 is 1.18 bits per heavy atom. The first-order chi connectivity index (χ1) is 8.08. The van der Waals surface area contributed by atoms with Crippen LogP contribution in [-0.2, 0) is 0 Å². The first-order valence-corrected chi connectivity index (χ1v) is 5.37. The van der Waals surface area contributed by atoms with Gasteiger partial charge >= 0.3 is 12.1 Å². The summed E-state index contributed by atoms with van der Waals surface area (Å²) in [4.78, 5) is 27.2. The minimum absolute atomic E-state index is 0.120. The van der Waals surface area contributed by atoms with Crippen LogP contribution in [0.4, 0.5) is 9.59 Å². The number of hydrogen-bond donors (Lipinski definition) is 1. The molecule has 4 amide bonds. The standard InChI is InChI=1S/C11H17N3O3/c1-4-7-13-9(15)12(6-3)10(16)14(8-5-2)11(13)17/h4-5,9,15H,1-2,6-8H2,3H3. The normalized spacial score (nSPS) is 20.8. The van der Waals surface area contributed by atoms with Crippen molar-refractivity contribution in [2.45, 2.75) is 13.3 Å².